The van der Waals surface area contributed by atoms with Gasteiger partial charge in [-0.15, -0.1) is 0 Å². The molecule has 0 saturated carbocycles. The number of alkyl halides is 2. The molecule has 1 N–H and O–H groups in total. The first-order valence-electron chi connectivity index (χ1n) is 9.64. The lowest BCUT2D eigenvalue weighted by molar-refractivity contribution is 0.0122. The van der Waals surface area contributed by atoms with Gasteiger partial charge >= 0.3 is 13.3 Å². The van der Waals surface area contributed by atoms with E-state index in [0.29, 0.717) is 6.42 Å². The van der Waals surface area contributed by atoms with Crippen LogP contribution in [0, 0.1) is 0 Å². The Morgan fingerprint density at radius 2 is 1.24 bits per heavy atom. The van der Waals surface area contributed by atoms with Crippen molar-refractivity contribution in [1.29, 1.82) is 0 Å². The molecule has 0 amide bonds. The highest BCUT2D eigenvalue weighted by molar-refractivity contribution is 7.55. The minimum absolute atomic E-state index is 0.333. The molecule has 0 aliphatic carbocycles. The van der Waals surface area contributed by atoms with Crippen LogP contribution in [0.4, 0.5) is 8.78 Å². The molecular formula is C18H38F2NO3P. The summed E-state index contributed by atoms with van der Waals surface area (Å²) in [5.74, 6) is 0. The van der Waals surface area contributed by atoms with Crippen molar-refractivity contribution in [3.05, 3.63) is 0 Å². The molecule has 0 aliphatic heterocycles. The van der Waals surface area contributed by atoms with Crippen LogP contribution in [0.25, 0.3) is 0 Å². The van der Waals surface area contributed by atoms with E-state index in [-0.39, 0.29) is 0 Å². The molecule has 0 bridgehead atoms. The van der Waals surface area contributed by atoms with E-state index in [1.54, 1.807) is 27.7 Å². The predicted molar refractivity (Wildman–Crippen MR) is 100 cm³/mol. The molecule has 0 aromatic rings. The fourth-order valence-electron chi connectivity index (χ4n) is 2.57. The summed E-state index contributed by atoms with van der Waals surface area (Å²) in [7, 11) is -2.50. The number of nitrogens with one attached hydrogen (secondary N) is 1. The summed E-state index contributed by atoms with van der Waals surface area (Å²) in [6, 6.07) is 0. The van der Waals surface area contributed by atoms with Gasteiger partial charge in [-0.2, -0.15) is 8.78 Å². The van der Waals surface area contributed by atoms with Gasteiger partial charge in [-0.3, -0.25) is 4.57 Å². The maximum absolute atomic E-state index is 14.4. The van der Waals surface area contributed by atoms with E-state index in [1.165, 1.54) is 19.3 Å². The number of hydrogen-bond acceptors (Lipinski definition) is 4. The Balaban J connectivity index is 4.13. The minimum atomic E-state index is -4.45. The van der Waals surface area contributed by atoms with Gasteiger partial charge < -0.3 is 14.4 Å². The highest BCUT2D eigenvalue weighted by Crippen LogP contribution is 2.65. The summed E-state index contributed by atoms with van der Waals surface area (Å²) in [4.78, 5) is 0. The Hall–Kier alpha value is -0.0300. The van der Waals surface area contributed by atoms with Crippen LogP contribution in [0.1, 0.15) is 85.5 Å². The topological polar surface area (TPSA) is 47.6 Å². The monoisotopic (exact) mass is 385 g/mol. The highest BCUT2D eigenvalue weighted by Gasteiger charge is 2.53. The van der Waals surface area contributed by atoms with Crippen LogP contribution >= 0.6 is 7.60 Å². The lowest BCUT2D eigenvalue weighted by Crippen LogP contribution is -2.24. The average Bonchev–Trinajstić information content (AvgIpc) is 2.47. The first kappa shape index (κ1) is 25.0. The van der Waals surface area contributed by atoms with Crippen molar-refractivity contribution >= 4 is 7.60 Å². The second-order valence-corrected chi connectivity index (χ2v) is 9.22. The molecule has 0 unspecified atom stereocenters. The molecule has 152 valence electrons. The first-order valence-corrected chi connectivity index (χ1v) is 11.2. The van der Waals surface area contributed by atoms with Crippen LogP contribution in [0.15, 0.2) is 0 Å². The van der Waals surface area contributed by atoms with E-state index in [2.05, 4.69) is 5.32 Å². The fourth-order valence-corrected chi connectivity index (χ4v) is 4.47. The summed E-state index contributed by atoms with van der Waals surface area (Å²) >= 11 is 0. The van der Waals surface area contributed by atoms with Crippen LogP contribution < -0.4 is 5.32 Å². The van der Waals surface area contributed by atoms with Crippen molar-refractivity contribution < 1.29 is 22.4 Å². The van der Waals surface area contributed by atoms with Crippen LogP contribution in [0.2, 0.25) is 0 Å². The molecule has 0 aromatic carbocycles. The summed E-state index contributed by atoms with van der Waals surface area (Å²) < 4.78 is 51.5. The quantitative estimate of drug-likeness (QED) is 0.248. The second-order valence-electron chi connectivity index (χ2n) is 7.15. The van der Waals surface area contributed by atoms with Crippen molar-refractivity contribution in [2.45, 2.75) is 103 Å². The van der Waals surface area contributed by atoms with Crippen molar-refractivity contribution in [2.24, 2.45) is 0 Å². The molecule has 0 aromatic heterocycles. The second kappa shape index (κ2) is 13.2. The third-order valence-electron chi connectivity index (χ3n) is 3.75. The van der Waals surface area contributed by atoms with Crippen molar-refractivity contribution in [3.63, 3.8) is 0 Å². The fraction of sp³-hybridized carbons (Fsp3) is 1.00. The molecule has 7 heteroatoms. The molecule has 0 atom stereocenters. The smallest absolute Gasteiger partial charge is 0.320 e. The number of unbranched alkanes of at least 4 members (excludes halogenated alkanes) is 7. The summed E-state index contributed by atoms with van der Waals surface area (Å²) in [5, 5.41) is 3.12. The Bertz CT molecular complexity index is 365. The van der Waals surface area contributed by atoms with Gasteiger partial charge in [0.25, 0.3) is 0 Å². The summed E-state index contributed by atoms with van der Waals surface area (Å²) in [6.45, 7) is 7.39. The predicted octanol–water partition coefficient (Wildman–Crippen LogP) is 6.35. The first-order chi connectivity index (χ1) is 11.6. The van der Waals surface area contributed by atoms with E-state index in [4.69, 9.17) is 9.05 Å². The SMILES string of the molecule is CNCCCCCCCCCCC(F)(F)P(=O)(OC(C)C)OC(C)C. The molecule has 0 fully saturated rings. The molecule has 25 heavy (non-hydrogen) atoms. The van der Waals surface area contributed by atoms with Crippen LogP contribution in [0.3, 0.4) is 0 Å². The van der Waals surface area contributed by atoms with E-state index >= 15 is 0 Å². The third kappa shape index (κ3) is 11.3. The summed E-state index contributed by atoms with van der Waals surface area (Å²) in [6.07, 6.45) is 6.18. The van der Waals surface area contributed by atoms with Gasteiger partial charge in [0.1, 0.15) is 0 Å². The Morgan fingerprint density at radius 3 is 1.64 bits per heavy atom. The lowest BCUT2D eigenvalue weighted by atomic mass is 10.1. The molecular weight excluding hydrogens is 347 g/mol. The van der Waals surface area contributed by atoms with Gasteiger partial charge in [-0.05, 0) is 54.1 Å². The molecule has 0 rings (SSSR count). The standard InChI is InChI=1S/C18H38F2NO3P/c1-16(2)23-25(22,24-17(3)4)18(19,20)14-12-10-8-6-7-9-11-13-15-21-5/h16-17,21H,6-15H2,1-5H3. The molecule has 0 saturated heterocycles. The average molecular weight is 385 g/mol. The number of hydrogen-bond donors (Lipinski definition) is 1. The molecule has 0 aliphatic rings. The maximum atomic E-state index is 14.4. The molecule has 0 spiro atoms. The normalized spacial score (nSPS) is 13.2. The molecule has 4 nitrogen and oxygen atoms in total. The van der Waals surface area contributed by atoms with Crippen molar-refractivity contribution in [1.82, 2.24) is 5.32 Å². The van der Waals surface area contributed by atoms with E-state index < -0.39 is 31.9 Å². The van der Waals surface area contributed by atoms with Crippen LogP contribution in [-0.4, -0.2) is 31.5 Å². The van der Waals surface area contributed by atoms with Gasteiger partial charge in [0.15, 0.2) is 0 Å². The van der Waals surface area contributed by atoms with Gasteiger partial charge in [-0.25, -0.2) is 0 Å². The minimum Gasteiger partial charge on any atom is -0.320 e. The largest absolute Gasteiger partial charge is 0.400 e. The zero-order valence-corrected chi connectivity index (χ0v) is 17.5. The lowest BCUT2D eigenvalue weighted by Gasteiger charge is -2.29. The van der Waals surface area contributed by atoms with E-state index in [9.17, 15) is 13.3 Å². The zero-order chi connectivity index (χ0) is 19.3. The third-order valence-corrected chi connectivity index (χ3v) is 6.18. The van der Waals surface area contributed by atoms with Crippen LogP contribution in [-0.2, 0) is 13.6 Å². The number of halogens is 2. The highest BCUT2D eigenvalue weighted by atomic mass is 31.2. The van der Waals surface area contributed by atoms with Gasteiger partial charge in [0.05, 0.1) is 12.2 Å². The van der Waals surface area contributed by atoms with Crippen molar-refractivity contribution in [2.75, 3.05) is 13.6 Å². The van der Waals surface area contributed by atoms with Crippen LogP contribution in [0.5, 0.6) is 0 Å². The summed E-state index contributed by atoms with van der Waals surface area (Å²) in [5.41, 5.74) is -3.44. The molecule has 0 radical (unpaired) electrons. The van der Waals surface area contributed by atoms with Gasteiger partial charge in [0.2, 0.25) is 0 Å². The zero-order valence-electron chi connectivity index (χ0n) is 16.7. The maximum Gasteiger partial charge on any atom is 0.400 e. The van der Waals surface area contributed by atoms with E-state index in [0.717, 1.165) is 32.2 Å². The Labute approximate surface area is 153 Å². The van der Waals surface area contributed by atoms with E-state index in [1.807, 2.05) is 7.05 Å². The Kier molecular flexibility index (Phi) is 13.2. The van der Waals surface area contributed by atoms with Crippen molar-refractivity contribution in [3.8, 4) is 0 Å². The van der Waals surface area contributed by atoms with Gasteiger partial charge in [-0.1, -0.05) is 38.5 Å². The number of rotatable bonds is 16. The Morgan fingerprint density at radius 1 is 0.840 bits per heavy atom. The molecule has 0 heterocycles. The van der Waals surface area contributed by atoms with Gasteiger partial charge in [0, 0.05) is 6.42 Å².